The Morgan fingerprint density at radius 3 is 1.91 bits per heavy atom. The van der Waals surface area contributed by atoms with E-state index in [1.54, 1.807) is 0 Å². The Balaban J connectivity index is 0.00000256. The number of nitrogens with two attached hydrogens (primary N) is 1. The van der Waals surface area contributed by atoms with Crippen molar-refractivity contribution in [3.05, 3.63) is 47.7 Å². The Labute approximate surface area is 232 Å². The van der Waals surface area contributed by atoms with E-state index >= 15 is 0 Å². The summed E-state index contributed by atoms with van der Waals surface area (Å²) < 4.78 is 67.2. The van der Waals surface area contributed by atoms with Gasteiger partial charge < -0.3 is 25.5 Å². The van der Waals surface area contributed by atoms with E-state index in [-0.39, 0.29) is 93.4 Å². The van der Waals surface area contributed by atoms with Gasteiger partial charge in [0.2, 0.25) is 17.2 Å². The van der Waals surface area contributed by atoms with Crippen LogP contribution in [0.3, 0.4) is 0 Å². The van der Waals surface area contributed by atoms with Crippen LogP contribution in [0.4, 0.5) is 29.0 Å². The van der Waals surface area contributed by atoms with Crippen LogP contribution < -0.4 is 75.5 Å². The molecule has 0 fully saturated rings. The third kappa shape index (κ3) is 7.78. The van der Waals surface area contributed by atoms with Crippen LogP contribution >= 0.6 is 11.6 Å². The van der Waals surface area contributed by atoms with E-state index < -0.39 is 30.0 Å². The van der Waals surface area contributed by atoms with E-state index in [0.717, 1.165) is 18.2 Å². The first-order chi connectivity index (χ1) is 13.9. The number of anilines is 5. The summed E-state index contributed by atoms with van der Waals surface area (Å²) in [5.41, 5.74) is 5.60. The predicted octanol–water partition coefficient (Wildman–Crippen LogP) is -4.59. The molecule has 0 aliphatic carbocycles. The molecule has 3 rings (SSSR count). The molecule has 1 heterocycles. The molecule has 158 valence electrons. The zero-order chi connectivity index (χ0) is 22.1. The molecule has 0 bridgehead atoms. The van der Waals surface area contributed by atoms with Crippen LogP contribution in [0.1, 0.15) is 0 Å². The van der Waals surface area contributed by atoms with Gasteiger partial charge in [-0.05, 0) is 48.0 Å². The number of rotatable bonds is 6. The summed E-state index contributed by atoms with van der Waals surface area (Å²) in [4.78, 5) is 10.6. The van der Waals surface area contributed by atoms with Crippen molar-refractivity contribution in [3.8, 4) is 0 Å². The fourth-order valence-electron chi connectivity index (χ4n) is 2.28. The summed E-state index contributed by atoms with van der Waals surface area (Å²) in [6.45, 7) is 0. The predicted molar refractivity (Wildman–Crippen MR) is 105 cm³/mol. The van der Waals surface area contributed by atoms with Crippen molar-refractivity contribution in [1.82, 2.24) is 15.0 Å². The summed E-state index contributed by atoms with van der Waals surface area (Å²) in [6.07, 6.45) is 0. The maximum Gasteiger partial charge on any atom is 1.00 e. The van der Waals surface area contributed by atoms with Gasteiger partial charge in [0, 0.05) is 17.1 Å². The molecule has 0 amide bonds. The first-order valence-corrected chi connectivity index (χ1v) is 11.0. The van der Waals surface area contributed by atoms with Gasteiger partial charge in [-0.25, -0.2) is 16.8 Å². The van der Waals surface area contributed by atoms with Gasteiger partial charge in [-0.3, -0.25) is 0 Å². The first kappa shape index (κ1) is 29.0. The van der Waals surface area contributed by atoms with Gasteiger partial charge in [-0.1, -0.05) is 6.07 Å². The van der Waals surface area contributed by atoms with Crippen LogP contribution in [0.25, 0.3) is 0 Å². The largest absolute Gasteiger partial charge is 1.00 e. The molecular weight excluding hydrogens is 506 g/mol. The molecule has 32 heavy (non-hydrogen) atoms. The number of hydrogen-bond donors (Lipinski definition) is 3. The average Bonchev–Trinajstić information content (AvgIpc) is 2.61. The third-order valence-corrected chi connectivity index (χ3v) is 5.42. The molecule has 0 spiro atoms. The van der Waals surface area contributed by atoms with Gasteiger partial charge in [0.25, 0.3) is 0 Å². The van der Waals surface area contributed by atoms with E-state index in [0.29, 0.717) is 0 Å². The van der Waals surface area contributed by atoms with Crippen molar-refractivity contribution in [3.63, 3.8) is 0 Å². The van der Waals surface area contributed by atoms with E-state index in [1.165, 1.54) is 24.3 Å². The second kappa shape index (κ2) is 11.4. The summed E-state index contributed by atoms with van der Waals surface area (Å²) in [7, 11) is -9.46. The Hall–Kier alpha value is -1.04. The van der Waals surface area contributed by atoms with Crippen LogP contribution in [0, 0.1) is 0 Å². The van der Waals surface area contributed by atoms with Crippen LogP contribution in [0.5, 0.6) is 0 Å². The maximum atomic E-state index is 11.3. The van der Waals surface area contributed by atoms with Gasteiger partial charge >= 0.3 is 59.1 Å². The van der Waals surface area contributed by atoms with Crippen molar-refractivity contribution in [2.24, 2.45) is 0 Å². The first-order valence-electron chi connectivity index (χ1n) is 7.79. The number of aromatic nitrogens is 3. The molecular formula is C15H11ClN6Na2O6S2. The minimum absolute atomic E-state index is 0. The molecule has 0 radical (unpaired) electrons. The monoisotopic (exact) mass is 516 g/mol. The fraction of sp³-hybridized carbons (Fsp3) is 0. The van der Waals surface area contributed by atoms with E-state index in [9.17, 15) is 25.9 Å². The molecule has 4 N–H and O–H groups in total. The van der Waals surface area contributed by atoms with Gasteiger partial charge in [0.15, 0.2) is 0 Å². The molecule has 0 saturated carbocycles. The van der Waals surface area contributed by atoms with Crippen molar-refractivity contribution >= 4 is 60.8 Å². The molecule has 0 saturated heterocycles. The number of benzene rings is 2. The molecule has 17 heteroatoms. The standard InChI is InChI=1S/C15H13ClN6O6S2.2Na/c16-13-20-14(18-8-2-1-3-10(6-8)29(23,24)25)22-15(21-13)19-9-4-5-11(17)12(7-9)30(26,27)28;;/h1-7H,17H2,(H,23,24,25)(H,26,27,28)(H2,18,19,20,21,22);;/q;2*+1/p-2. The normalized spacial score (nSPS) is 11.1. The minimum atomic E-state index is -4.80. The third-order valence-electron chi connectivity index (χ3n) is 3.53. The number of nitrogens with zero attached hydrogens (tertiary/aromatic N) is 3. The molecule has 0 unspecified atom stereocenters. The molecule has 0 aliphatic rings. The molecule has 1 aromatic heterocycles. The summed E-state index contributed by atoms with van der Waals surface area (Å²) in [5.74, 6) is -0.228. The number of hydrogen-bond acceptors (Lipinski definition) is 12. The Kier molecular flexibility index (Phi) is 10.3. The van der Waals surface area contributed by atoms with Crippen LogP contribution in [-0.2, 0) is 20.2 Å². The number of halogens is 1. The van der Waals surface area contributed by atoms with Gasteiger partial charge in [-0.15, -0.1) is 0 Å². The van der Waals surface area contributed by atoms with E-state index in [4.69, 9.17) is 17.3 Å². The summed E-state index contributed by atoms with van der Waals surface area (Å²) in [6, 6.07) is 8.62. The minimum Gasteiger partial charge on any atom is -0.744 e. The fourth-order valence-corrected chi connectivity index (χ4v) is 3.58. The van der Waals surface area contributed by atoms with E-state index in [1.807, 2.05) is 0 Å². The van der Waals surface area contributed by atoms with Crippen molar-refractivity contribution < 1.29 is 85.1 Å². The topological polar surface area (TPSA) is 203 Å². The zero-order valence-electron chi connectivity index (χ0n) is 16.6. The smallest absolute Gasteiger partial charge is 0.744 e. The van der Waals surface area contributed by atoms with E-state index in [2.05, 4.69) is 25.6 Å². The Morgan fingerprint density at radius 1 is 0.812 bits per heavy atom. The molecule has 12 nitrogen and oxygen atoms in total. The van der Waals surface area contributed by atoms with Gasteiger partial charge in [0.1, 0.15) is 20.2 Å². The van der Waals surface area contributed by atoms with Crippen LogP contribution in [0.15, 0.2) is 52.3 Å². The van der Waals surface area contributed by atoms with Gasteiger partial charge in [0.05, 0.1) is 9.79 Å². The molecule has 2 aromatic carbocycles. The van der Waals surface area contributed by atoms with Crippen LogP contribution in [-0.4, -0.2) is 40.9 Å². The average molecular weight is 517 g/mol. The van der Waals surface area contributed by atoms with Crippen LogP contribution in [0.2, 0.25) is 5.28 Å². The number of nitrogen functional groups attached to an aromatic ring is 1. The zero-order valence-corrected chi connectivity index (χ0v) is 23.0. The number of nitrogens with one attached hydrogen (secondary N) is 2. The van der Waals surface area contributed by atoms with Crippen molar-refractivity contribution in [1.29, 1.82) is 0 Å². The van der Waals surface area contributed by atoms with Crippen molar-refractivity contribution in [2.75, 3.05) is 16.4 Å². The van der Waals surface area contributed by atoms with Crippen molar-refractivity contribution in [2.45, 2.75) is 9.79 Å². The summed E-state index contributed by atoms with van der Waals surface area (Å²) >= 11 is 5.86. The van der Waals surface area contributed by atoms with Gasteiger partial charge in [-0.2, -0.15) is 15.0 Å². The molecule has 3 aromatic rings. The molecule has 0 atom stereocenters. The molecule has 0 aliphatic heterocycles. The SMILES string of the molecule is Nc1ccc(Nc2nc(Cl)nc(Nc3cccc(S(=O)(=O)[O-])c3)n2)cc1S(=O)(=O)[O-].[Na+].[Na+]. The second-order valence-corrected chi connectivity index (χ2v) is 8.76. The Bertz CT molecular complexity index is 1340. The summed E-state index contributed by atoms with van der Waals surface area (Å²) in [5, 5.41) is 5.07. The maximum absolute atomic E-state index is 11.3. The Morgan fingerprint density at radius 2 is 1.38 bits per heavy atom. The second-order valence-electron chi connectivity index (χ2n) is 5.69. The quantitative estimate of drug-likeness (QED) is 0.161.